The Hall–Kier alpha value is -0.610. The third-order valence-corrected chi connectivity index (χ3v) is 4.62. The molecule has 1 saturated heterocycles. The molecule has 5 heteroatoms. The molecule has 3 nitrogen and oxygen atoms in total. The van der Waals surface area contributed by atoms with Gasteiger partial charge in [-0.05, 0) is 43.2 Å². The predicted molar refractivity (Wildman–Crippen MR) is 66.1 cm³/mol. The Morgan fingerprint density at radius 1 is 1.75 bits per heavy atom. The van der Waals surface area contributed by atoms with Gasteiger partial charge in [-0.2, -0.15) is 11.8 Å². The molecule has 0 radical (unpaired) electrons. The molecule has 1 atom stereocenters. The molecular weight excluding hydrogens is 246 g/mol. The molecule has 1 aliphatic rings. The molecule has 16 heavy (non-hydrogen) atoms. The molecule has 1 aliphatic heterocycles. The van der Waals surface area contributed by atoms with Crippen molar-refractivity contribution in [3.05, 3.63) is 23.1 Å². The molecule has 1 amide bonds. The Kier molecular flexibility index (Phi) is 3.50. The summed E-state index contributed by atoms with van der Waals surface area (Å²) in [4.78, 5) is 11.8. The molecule has 88 valence electrons. The van der Waals surface area contributed by atoms with Crippen molar-refractivity contribution in [2.75, 3.05) is 12.3 Å². The summed E-state index contributed by atoms with van der Waals surface area (Å²) in [5.74, 6) is 1.02. The summed E-state index contributed by atoms with van der Waals surface area (Å²) in [5, 5.41) is 3.06. The third-order valence-electron chi connectivity index (χ3n) is 2.79. The third kappa shape index (κ3) is 2.55. The fourth-order valence-corrected chi connectivity index (χ4v) is 3.24. The molecule has 1 unspecified atom stereocenters. The van der Waals surface area contributed by atoms with Crippen molar-refractivity contribution in [3.8, 4) is 0 Å². The molecule has 2 rings (SSSR count). The van der Waals surface area contributed by atoms with Gasteiger partial charge in [0.2, 0.25) is 5.22 Å². The highest BCUT2D eigenvalue weighted by Crippen LogP contribution is 2.37. The highest BCUT2D eigenvalue weighted by Gasteiger charge is 2.30. The molecule has 1 N–H and O–H groups in total. The zero-order valence-corrected chi connectivity index (χ0v) is 10.7. The largest absolute Gasteiger partial charge is 0.452 e. The SMILES string of the molecule is CC1(CNC(=O)c2ccoc2Cl)CCCS1. The van der Waals surface area contributed by atoms with Crippen LogP contribution in [-0.4, -0.2) is 23.0 Å². The summed E-state index contributed by atoms with van der Waals surface area (Å²) < 4.78 is 5.05. The minimum Gasteiger partial charge on any atom is -0.452 e. The van der Waals surface area contributed by atoms with Gasteiger partial charge in [0, 0.05) is 11.3 Å². The summed E-state index contributed by atoms with van der Waals surface area (Å²) in [6.07, 6.45) is 3.80. The number of thioether (sulfide) groups is 1. The van der Waals surface area contributed by atoms with Gasteiger partial charge in [0.15, 0.2) is 0 Å². The number of carbonyl (C=O) groups is 1. The van der Waals surface area contributed by atoms with Crippen LogP contribution in [0.2, 0.25) is 5.22 Å². The van der Waals surface area contributed by atoms with E-state index in [2.05, 4.69) is 12.2 Å². The number of nitrogens with one attached hydrogen (secondary N) is 1. The first-order chi connectivity index (χ1) is 7.61. The Bertz CT molecular complexity index is 385. The topological polar surface area (TPSA) is 42.2 Å². The van der Waals surface area contributed by atoms with Gasteiger partial charge in [-0.1, -0.05) is 0 Å². The van der Waals surface area contributed by atoms with Crippen molar-refractivity contribution < 1.29 is 9.21 Å². The van der Waals surface area contributed by atoms with Crippen molar-refractivity contribution in [1.82, 2.24) is 5.32 Å². The highest BCUT2D eigenvalue weighted by molar-refractivity contribution is 8.00. The van der Waals surface area contributed by atoms with E-state index in [1.165, 1.54) is 18.4 Å². The van der Waals surface area contributed by atoms with Crippen molar-refractivity contribution >= 4 is 29.3 Å². The molecule has 1 aromatic heterocycles. The smallest absolute Gasteiger partial charge is 0.256 e. The number of amides is 1. The second-order valence-electron chi connectivity index (χ2n) is 4.19. The number of hydrogen-bond donors (Lipinski definition) is 1. The summed E-state index contributed by atoms with van der Waals surface area (Å²) in [6.45, 7) is 2.86. The van der Waals surface area contributed by atoms with Crippen LogP contribution in [0.4, 0.5) is 0 Å². The predicted octanol–water partition coefficient (Wildman–Crippen LogP) is 2.95. The average Bonchev–Trinajstić information content (AvgIpc) is 2.85. The van der Waals surface area contributed by atoms with Crippen LogP contribution in [0.3, 0.4) is 0 Å². The maximum atomic E-state index is 11.8. The van der Waals surface area contributed by atoms with Crippen LogP contribution in [-0.2, 0) is 0 Å². The molecular formula is C11H14ClNO2S. The number of furan rings is 1. The molecule has 0 spiro atoms. The highest BCUT2D eigenvalue weighted by atomic mass is 35.5. The summed E-state index contributed by atoms with van der Waals surface area (Å²) in [6, 6.07) is 1.59. The summed E-state index contributed by atoms with van der Waals surface area (Å²) in [5.41, 5.74) is 0.410. The van der Waals surface area contributed by atoms with Crippen LogP contribution >= 0.6 is 23.4 Å². The average molecular weight is 260 g/mol. The zero-order valence-electron chi connectivity index (χ0n) is 9.09. The van der Waals surface area contributed by atoms with Crippen molar-refractivity contribution in [1.29, 1.82) is 0 Å². The van der Waals surface area contributed by atoms with E-state index < -0.39 is 0 Å². The second-order valence-corrected chi connectivity index (χ2v) is 6.22. The van der Waals surface area contributed by atoms with E-state index in [1.54, 1.807) is 6.07 Å². The van der Waals surface area contributed by atoms with Crippen LogP contribution in [0, 0.1) is 0 Å². The minimum absolute atomic E-state index is 0.154. The van der Waals surface area contributed by atoms with Gasteiger partial charge >= 0.3 is 0 Å². The van der Waals surface area contributed by atoms with E-state index in [0.717, 1.165) is 6.42 Å². The van der Waals surface area contributed by atoms with Gasteiger partial charge in [-0.15, -0.1) is 0 Å². The Labute approximate surface area is 104 Å². The number of hydrogen-bond acceptors (Lipinski definition) is 3. The summed E-state index contributed by atoms with van der Waals surface area (Å²) in [7, 11) is 0. The van der Waals surface area contributed by atoms with Gasteiger partial charge in [0.1, 0.15) is 0 Å². The van der Waals surface area contributed by atoms with Crippen LogP contribution in [0.1, 0.15) is 30.1 Å². The maximum Gasteiger partial charge on any atom is 0.256 e. The number of rotatable bonds is 3. The monoisotopic (exact) mass is 259 g/mol. The van der Waals surface area contributed by atoms with Crippen LogP contribution in [0.15, 0.2) is 16.7 Å². The molecule has 0 saturated carbocycles. The molecule has 1 aromatic rings. The fraction of sp³-hybridized carbons (Fsp3) is 0.545. The van der Waals surface area contributed by atoms with Crippen LogP contribution in [0.25, 0.3) is 0 Å². The normalized spacial score (nSPS) is 24.6. The quantitative estimate of drug-likeness (QED) is 0.908. The number of halogens is 1. The van der Waals surface area contributed by atoms with E-state index in [0.29, 0.717) is 12.1 Å². The Morgan fingerprint density at radius 3 is 3.12 bits per heavy atom. The van der Waals surface area contributed by atoms with E-state index in [1.807, 2.05) is 11.8 Å². The molecule has 0 aliphatic carbocycles. The van der Waals surface area contributed by atoms with Gasteiger partial charge in [-0.3, -0.25) is 4.79 Å². The lowest BCUT2D eigenvalue weighted by molar-refractivity contribution is 0.0949. The zero-order chi connectivity index (χ0) is 11.6. The maximum absolute atomic E-state index is 11.8. The fourth-order valence-electron chi connectivity index (χ4n) is 1.79. The van der Waals surface area contributed by atoms with Crippen LogP contribution in [0.5, 0.6) is 0 Å². The summed E-state index contributed by atoms with van der Waals surface area (Å²) >= 11 is 7.65. The first kappa shape index (κ1) is 11.9. The van der Waals surface area contributed by atoms with E-state index >= 15 is 0 Å². The standard InChI is InChI=1S/C11H14ClNO2S/c1-11(4-2-6-16-11)7-13-10(14)8-3-5-15-9(8)12/h3,5H,2,4,6-7H2,1H3,(H,13,14). The van der Waals surface area contributed by atoms with Crippen molar-refractivity contribution in [3.63, 3.8) is 0 Å². The lowest BCUT2D eigenvalue weighted by Crippen LogP contribution is -2.36. The van der Waals surface area contributed by atoms with E-state index in [-0.39, 0.29) is 15.9 Å². The van der Waals surface area contributed by atoms with Gasteiger partial charge < -0.3 is 9.73 Å². The molecule has 0 aromatic carbocycles. The minimum atomic E-state index is -0.160. The number of carbonyl (C=O) groups excluding carboxylic acids is 1. The lowest BCUT2D eigenvalue weighted by Gasteiger charge is -2.22. The van der Waals surface area contributed by atoms with Crippen LogP contribution < -0.4 is 5.32 Å². The van der Waals surface area contributed by atoms with Gasteiger partial charge in [0.25, 0.3) is 5.91 Å². The second kappa shape index (κ2) is 4.72. The Morgan fingerprint density at radius 2 is 2.56 bits per heavy atom. The van der Waals surface area contributed by atoms with Crippen molar-refractivity contribution in [2.45, 2.75) is 24.5 Å². The van der Waals surface area contributed by atoms with Crippen molar-refractivity contribution in [2.24, 2.45) is 0 Å². The lowest BCUT2D eigenvalue weighted by atomic mass is 10.1. The molecule has 2 heterocycles. The van der Waals surface area contributed by atoms with E-state index in [9.17, 15) is 4.79 Å². The molecule has 0 bridgehead atoms. The van der Waals surface area contributed by atoms with E-state index in [4.69, 9.17) is 16.0 Å². The first-order valence-corrected chi connectivity index (χ1v) is 6.62. The van der Waals surface area contributed by atoms with Gasteiger partial charge in [0.05, 0.1) is 11.8 Å². The Balaban J connectivity index is 1.91. The first-order valence-electron chi connectivity index (χ1n) is 5.26. The van der Waals surface area contributed by atoms with Gasteiger partial charge in [-0.25, -0.2) is 0 Å². The molecule has 1 fully saturated rings.